The summed E-state index contributed by atoms with van der Waals surface area (Å²) in [6.07, 6.45) is 1.07. The number of rotatable bonds is 2. The zero-order chi connectivity index (χ0) is 13.4. The Balaban J connectivity index is 2.34. The molecule has 0 radical (unpaired) electrons. The summed E-state index contributed by atoms with van der Waals surface area (Å²) >= 11 is 0. The van der Waals surface area contributed by atoms with Gasteiger partial charge in [-0.2, -0.15) is 0 Å². The minimum absolute atomic E-state index is 1.07. The molecule has 0 aliphatic rings. The minimum Gasteiger partial charge on any atom is -0.314 e. The normalized spacial score (nSPS) is 11.1. The second-order valence-corrected chi connectivity index (χ2v) is 5.11. The topological polar surface area (TPSA) is 4.93 Å². The van der Waals surface area contributed by atoms with E-state index in [0.717, 1.165) is 6.42 Å². The molecule has 0 aliphatic heterocycles. The summed E-state index contributed by atoms with van der Waals surface area (Å²) in [4.78, 5) is 0. The Hall–Kier alpha value is -2.02. The fourth-order valence-corrected chi connectivity index (χ4v) is 2.91. The molecule has 0 fully saturated rings. The number of aromatic nitrogens is 1. The fourth-order valence-electron chi connectivity index (χ4n) is 2.91. The number of para-hydroxylation sites is 1. The van der Waals surface area contributed by atoms with E-state index in [4.69, 9.17) is 0 Å². The van der Waals surface area contributed by atoms with Gasteiger partial charge >= 0.3 is 0 Å². The van der Waals surface area contributed by atoms with Crippen molar-refractivity contribution in [3.8, 4) is 5.69 Å². The molecule has 1 nitrogen and oxygen atoms in total. The lowest BCUT2D eigenvalue weighted by atomic mass is 10.1. The van der Waals surface area contributed by atoms with Gasteiger partial charge < -0.3 is 4.57 Å². The van der Waals surface area contributed by atoms with Crippen LogP contribution in [0.5, 0.6) is 0 Å². The predicted molar refractivity (Wildman–Crippen MR) is 82.1 cm³/mol. The van der Waals surface area contributed by atoms with Gasteiger partial charge in [-0.25, -0.2) is 0 Å². The molecule has 0 aliphatic carbocycles. The van der Waals surface area contributed by atoms with E-state index in [1.54, 1.807) is 0 Å². The zero-order valence-corrected chi connectivity index (χ0v) is 11.8. The van der Waals surface area contributed by atoms with Crippen LogP contribution in [0.2, 0.25) is 0 Å². The molecule has 96 valence electrons. The third-order valence-corrected chi connectivity index (χ3v) is 3.89. The molecule has 1 heterocycles. The first-order valence-corrected chi connectivity index (χ1v) is 6.88. The summed E-state index contributed by atoms with van der Waals surface area (Å²) in [5.41, 5.74) is 6.66. The highest BCUT2D eigenvalue weighted by Crippen LogP contribution is 2.29. The summed E-state index contributed by atoms with van der Waals surface area (Å²) in [5.74, 6) is 0. The van der Waals surface area contributed by atoms with E-state index >= 15 is 0 Å². The molecule has 0 bridgehead atoms. The molecule has 3 rings (SSSR count). The number of aryl methyl sites for hydroxylation is 2. The van der Waals surface area contributed by atoms with Crippen LogP contribution in [0, 0.1) is 13.8 Å². The summed E-state index contributed by atoms with van der Waals surface area (Å²) in [7, 11) is 0. The van der Waals surface area contributed by atoms with Crippen molar-refractivity contribution in [2.45, 2.75) is 27.2 Å². The van der Waals surface area contributed by atoms with Gasteiger partial charge in [-0.1, -0.05) is 42.8 Å². The monoisotopic (exact) mass is 249 g/mol. The number of benzene rings is 2. The van der Waals surface area contributed by atoms with Gasteiger partial charge in [0, 0.05) is 16.8 Å². The third-order valence-electron chi connectivity index (χ3n) is 3.89. The highest BCUT2D eigenvalue weighted by atomic mass is 15.0. The maximum absolute atomic E-state index is 2.37. The molecule has 0 saturated carbocycles. The largest absolute Gasteiger partial charge is 0.314 e. The van der Waals surface area contributed by atoms with Crippen LogP contribution in [0.3, 0.4) is 0 Å². The van der Waals surface area contributed by atoms with E-state index in [9.17, 15) is 0 Å². The molecule has 0 spiro atoms. The van der Waals surface area contributed by atoms with Crippen molar-refractivity contribution in [1.29, 1.82) is 0 Å². The standard InChI is InChI=1S/C18H19N/c1-4-16-14(3)19(15-11-9-13(2)10-12-15)18-8-6-5-7-17(16)18/h5-12H,4H2,1-3H3. The fraction of sp³-hybridized carbons (Fsp3) is 0.222. The van der Waals surface area contributed by atoms with Crippen molar-refractivity contribution >= 4 is 10.9 Å². The van der Waals surface area contributed by atoms with Crippen molar-refractivity contribution < 1.29 is 0 Å². The Bertz CT molecular complexity index is 717. The van der Waals surface area contributed by atoms with Crippen molar-refractivity contribution in [1.82, 2.24) is 4.57 Å². The van der Waals surface area contributed by atoms with Gasteiger partial charge in [0.25, 0.3) is 0 Å². The van der Waals surface area contributed by atoms with Crippen LogP contribution in [0.25, 0.3) is 16.6 Å². The molecule has 19 heavy (non-hydrogen) atoms. The smallest absolute Gasteiger partial charge is 0.0534 e. The van der Waals surface area contributed by atoms with Crippen molar-refractivity contribution in [2.75, 3.05) is 0 Å². The number of hydrogen-bond donors (Lipinski definition) is 0. The van der Waals surface area contributed by atoms with E-state index < -0.39 is 0 Å². The van der Waals surface area contributed by atoms with Gasteiger partial charge in [-0.3, -0.25) is 0 Å². The van der Waals surface area contributed by atoms with Crippen LogP contribution in [-0.4, -0.2) is 4.57 Å². The summed E-state index contributed by atoms with van der Waals surface area (Å²) < 4.78 is 2.37. The van der Waals surface area contributed by atoms with Crippen LogP contribution in [0.15, 0.2) is 48.5 Å². The molecular weight excluding hydrogens is 230 g/mol. The first-order valence-electron chi connectivity index (χ1n) is 6.88. The second kappa shape index (κ2) is 4.58. The van der Waals surface area contributed by atoms with Gasteiger partial charge in [0.15, 0.2) is 0 Å². The van der Waals surface area contributed by atoms with Crippen LogP contribution in [0.4, 0.5) is 0 Å². The van der Waals surface area contributed by atoms with E-state index in [2.05, 4.69) is 73.9 Å². The lowest BCUT2D eigenvalue weighted by Crippen LogP contribution is -1.97. The van der Waals surface area contributed by atoms with Gasteiger partial charge in [-0.15, -0.1) is 0 Å². The van der Waals surface area contributed by atoms with E-state index in [-0.39, 0.29) is 0 Å². The van der Waals surface area contributed by atoms with Gasteiger partial charge in [0.1, 0.15) is 0 Å². The first kappa shape index (κ1) is 12.0. The molecule has 3 aromatic rings. The second-order valence-electron chi connectivity index (χ2n) is 5.11. The van der Waals surface area contributed by atoms with E-state index in [1.165, 1.54) is 33.4 Å². The van der Waals surface area contributed by atoms with Crippen LogP contribution in [0.1, 0.15) is 23.7 Å². The van der Waals surface area contributed by atoms with Gasteiger partial charge in [0.05, 0.1) is 5.52 Å². The molecule has 2 aromatic carbocycles. The van der Waals surface area contributed by atoms with Gasteiger partial charge in [-0.05, 0) is 44.0 Å². The summed E-state index contributed by atoms with van der Waals surface area (Å²) in [6.45, 7) is 6.58. The predicted octanol–water partition coefficient (Wildman–Crippen LogP) is 4.81. The van der Waals surface area contributed by atoms with Gasteiger partial charge in [0.2, 0.25) is 0 Å². The lowest BCUT2D eigenvalue weighted by molar-refractivity contribution is 1.01. The van der Waals surface area contributed by atoms with Crippen LogP contribution < -0.4 is 0 Å². The average Bonchev–Trinajstić information content (AvgIpc) is 2.71. The molecule has 0 unspecified atom stereocenters. The summed E-state index contributed by atoms with van der Waals surface area (Å²) in [6, 6.07) is 17.4. The van der Waals surface area contributed by atoms with Crippen LogP contribution in [-0.2, 0) is 6.42 Å². The molecule has 1 aromatic heterocycles. The number of fused-ring (bicyclic) bond motifs is 1. The quantitative estimate of drug-likeness (QED) is 0.614. The highest BCUT2D eigenvalue weighted by molar-refractivity contribution is 5.87. The SMILES string of the molecule is CCc1c(C)n(-c2ccc(C)cc2)c2ccccc12. The third kappa shape index (κ3) is 1.86. The molecular formula is C18H19N. The molecule has 1 heteroatoms. The van der Waals surface area contributed by atoms with Crippen molar-refractivity contribution in [3.63, 3.8) is 0 Å². The molecule has 0 atom stereocenters. The Morgan fingerprint density at radius 1 is 0.895 bits per heavy atom. The lowest BCUT2D eigenvalue weighted by Gasteiger charge is -2.09. The maximum atomic E-state index is 2.37. The van der Waals surface area contributed by atoms with E-state index in [0.29, 0.717) is 0 Å². The van der Waals surface area contributed by atoms with Crippen molar-refractivity contribution in [3.05, 3.63) is 65.4 Å². The van der Waals surface area contributed by atoms with E-state index in [1.807, 2.05) is 0 Å². The number of nitrogens with zero attached hydrogens (tertiary/aromatic N) is 1. The Kier molecular flexibility index (Phi) is 2.90. The highest BCUT2D eigenvalue weighted by Gasteiger charge is 2.12. The van der Waals surface area contributed by atoms with Crippen molar-refractivity contribution in [2.24, 2.45) is 0 Å². The Morgan fingerprint density at radius 2 is 1.58 bits per heavy atom. The summed E-state index contributed by atoms with van der Waals surface area (Å²) in [5, 5.41) is 1.38. The zero-order valence-electron chi connectivity index (χ0n) is 11.8. The number of hydrogen-bond acceptors (Lipinski definition) is 0. The molecule has 0 saturated heterocycles. The molecule has 0 amide bonds. The molecule has 0 N–H and O–H groups in total. The Labute approximate surface area is 114 Å². The van der Waals surface area contributed by atoms with Crippen LogP contribution >= 0.6 is 0 Å². The maximum Gasteiger partial charge on any atom is 0.0534 e. The minimum atomic E-state index is 1.07. The Morgan fingerprint density at radius 3 is 2.26 bits per heavy atom. The average molecular weight is 249 g/mol. The first-order chi connectivity index (χ1) is 9.22.